The normalized spacial score (nSPS) is 13.1. The highest BCUT2D eigenvalue weighted by Gasteiger charge is 2.17. The Morgan fingerprint density at radius 3 is 1.12 bits per heavy atom. The third kappa shape index (κ3) is 51.2. The quantitative estimate of drug-likeness (QED) is 0.0346. The van der Waals surface area contributed by atoms with Crippen molar-refractivity contribution in [1.82, 2.24) is 0 Å². The van der Waals surface area contributed by atoms with Crippen LogP contribution in [0.5, 0.6) is 0 Å². The molecule has 0 rings (SSSR count). The van der Waals surface area contributed by atoms with E-state index in [2.05, 4.69) is 130 Å². The number of esters is 2. The van der Waals surface area contributed by atoms with Crippen LogP contribution in [0.2, 0.25) is 0 Å². The third-order valence-corrected chi connectivity index (χ3v) is 10.8. The van der Waals surface area contributed by atoms with Crippen molar-refractivity contribution in [3.05, 3.63) is 109 Å². The topological polar surface area (TPSA) is 61.8 Å². The summed E-state index contributed by atoms with van der Waals surface area (Å²) in [7, 11) is 0. The Kier molecular flexibility index (Phi) is 51.0. The highest BCUT2D eigenvalue weighted by molar-refractivity contribution is 5.70. The molecule has 0 N–H and O–H groups in total. The van der Waals surface area contributed by atoms with E-state index in [0.717, 1.165) is 128 Å². The molecular formula is C59H98O5. The zero-order chi connectivity index (χ0) is 46.3. The van der Waals surface area contributed by atoms with Crippen LogP contribution >= 0.6 is 0 Å². The third-order valence-electron chi connectivity index (χ3n) is 10.8. The summed E-state index contributed by atoms with van der Waals surface area (Å²) in [5.74, 6) is -0.442. The number of hydrogen-bond donors (Lipinski definition) is 0. The fourth-order valence-electron chi connectivity index (χ4n) is 6.91. The lowest BCUT2D eigenvalue weighted by molar-refractivity contribution is -0.163. The summed E-state index contributed by atoms with van der Waals surface area (Å²) in [6, 6.07) is 0. The van der Waals surface area contributed by atoms with E-state index in [1.165, 1.54) is 64.2 Å². The van der Waals surface area contributed by atoms with E-state index in [9.17, 15) is 9.59 Å². The zero-order valence-corrected chi connectivity index (χ0v) is 41.8. The molecule has 5 heteroatoms. The molecule has 0 aliphatic carbocycles. The number of carbonyl (C=O) groups excluding carboxylic acids is 2. The minimum atomic E-state index is -0.563. The SMILES string of the molecule is CC/C=C\C/C=C\C/C=C\C/C=C\CCCCCCCCC(=O)OCC(COCCCCCCCC/C=C\C/C=C\C/C=C\CC)OC(=O)CCCCCCC/C=C\C/C=C\CCC. The second-order valence-corrected chi connectivity index (χ2v) is 17.0. The van der Waals surface area contributed by atoms with E-state index >= 15 is 0 Å². The lowest BCUT2D eigenvalue weighted by Crippen LogP contribution is -2.30. The maximum atomic E-state index is 12.8. The van der Waals surface area contributed by atoms with Crippen molar-refractivity contribution < 1.29 is 23.8 Å². The van der Waals surface area contributed by atoms with E-state index in [4.69, 9.17) is 14.2 Å². The fourth-order valence-corrected chi connectivity index (χ4v) is 6.91. The zero-order valence-electron chi connectivity index (χ0n) is 41.8. The molecule has 0 bridgehead atoms. The Labute approximate surface area is 395 Å². The van der Waals surface area contributed by atoms with Gasteiger partial charge in [-0.2, -0.15) is 0 Å². The molecule has 5 nitrogen and oxygen atoms in total. The van der Waals surface area contributed by atoms with Gasteiger partial charge in [0.05, 0.1) is 6.61 Å². The van der Waals surface area contributed by atoms with Gasteiger partial charge in [0, 0.05) is 19.4 Å². The molecule has 0 aliphatic rings. The Balaban J connectivity index is 4.34. The maximum Gasteiger partial charge on any atom is 0.306 e. The molecule has 64 heavy (non-hydrogen) atoms. The molecular weight excluding hydrogens is 789 g/mol. The van der Waals surface area contributed by atoms with E-state index in [-0.39, 0.29) is 25.2 Å². The molecule has 0 aromatic rings. The van der Waals surface area contributed by atoms with Crippen LogP contribution in [0, 0.1) is 0 Å². The summed E-state index contributed by atoms with van der Waals surface area (Å²) in [5.41, 5.74) is 0. The predicted octanol–water partition coefficient (Wildman–Crippen LogP) is 18.0. The second-order valence-electron chi connectivity index (χ2n) is 17.0. The number of rotatable bonds is 47. The molecule has 0 aliphatic heterocycles. The summed E-state index contributed by atoms with van der Waals surface area (Å²) < 4.78 is 17.4. The highest BCUT2D eigenvalue weighted by atomic mass is 16.6. The molecule has 0 radical (unpaired) electrons. The van der Waals surface area contributed by atoms with Gasteiger partial charge in [-0.1, -0.05) is 207 Å². The van der Waals surface area contributed by atoms with E-state index in [1.807, 2.05) is 0 Å². The van der Waals surface area contributed by atoms with Crippen LogP contribution in [-0.4, -0.2) is 37.9 Å². The van der Waals surface area contributed by atoms with Gasteiger partial charge in [-0.25, -0.2) is 0 Å². The van der Waals surface area contributed by atoms with Gasteiger partial charge in [0.2, 0.25) is 0 Å². The lowest BCUT2D eigenvalue weighted by atomic mass is 10.1. The van der Waals surface area contributed by atoms with Gasteiger partial charge in [0.15, 0.2) is 6.10 Å². The van der Waals surface area contributed by atoms with Crippen LogP contribution in [0.25, 0.3) is 0 Å². The lowest BCUT2D eigenvalue weighted by Gasteiger charge is -2.18. The van der Waals surface area contributed by atoms with Gasteiger partial charge in [0.25, 0.3) is 0 Å². The van der Waals surface area contributed by atoms with Crippen LogP contribution in [0.15, 0.2) is 109 Å². The average Bonchev–Trinajstić information content (AvgIpc) is 3.30. The number of allylic oxidation sites excluding steroid dienone is 18. The summed E-state index contributed by atoms with van der Waals surface area (Å²) in [5, 5.41) is 0. The van der Waals surface area contributed by atoms with Gasteiger partial charge in [-0.3, -0.25) is 9.59 Å². The Hall–Kier alpha value is -3.44. The molecule has 1 atom stereocenters. The van der Waals surface area contributed by atoms with Crippen LogP contribution in [-0.2, 0) is 23.8 Å². The number of hydrogen-bond acceptors (Lipinski definition) is 5. The predicted molar refractivity (Wildman–Crippen MR) is 279 cm³/mol. The molecule has 0 spiro atoms. The van der Waals surface area contributed by atoms with Gasteiger partial charge >= 0.3 is 11.9 Å². The summed E-state index contributed by atoms with van der Waals surface area (Å²) in [6.07, 6.45) is 73.8. The van der Waals surface area contributed by atoms with Crippen LogP contribution in [0.1, 0.15) is 226 Å². The first-order valence-electron chi connectivity index (χ1n) is 26.4. The van der Waals surface area contributed by atoms with Crippen LogP contribution in [0.3, 0.4) is 0 Å². The van der Waals surface area contributed by atoms with Crippen molar-refractivity contribution in [1.29, 1.82) is 0 Å². The average molecular weight is 887 g/mol. The maximum absolute atomic E-state index is 12.8. The molecule has 1 unspecified atom stereocenters. The molecule has 0 aromatic heterocycles. The standard InChI is InChI=1S/C59H98O5/c1-4-7-10-13-16-19-22-25-27-29-30-31-32-35-37-40-43-46-49-52-58(60)63-56-57(64-59(61)53-50-47-44-41-38-34-24-21-18-15-12-9-6-3)55-62-54-51-48-45-42-39-36-33-28-26-23-20-17-14-11-8-5-2/h7-8,10-12,15-17,19-21,24-28,30-31,57H,4-6,9,13-14,18,22-23,29,32-56H2,1-3H3/b10-7-,11-8-,15-12-,19-16-,20-17-,24-21-,27-25-,28-26-,31-30-. The summed E-state index contributed by atoms with van der Waals surface area (Å²) in [6.45, 7) is 7.48. The van der Waals surface area contributed by atoms with Crippen molar-refractivity contribution >= 4 is 11.9 Å². The molecule has 364 valence electrons. The number of carbonyl (C=O) groups is 2. The van der Waals surface area contributed by atoms with Crippen molar-refractivity contribution in [2.24, 2.45) is 0 Å². The Morgan fingerprint density at radius 1 is 0.359 bits per heavy atom. The van der Waals surface area contributed by atoms with Crippen molar-refractivity contribution in [2.75, 3.05) is 19.8 Å². The van der Waals surface area contributed by atoms with E-state index < -0.39 is 6.10 Å². The second kappa shape index (κ2) is 53.9. The number of unbranched alkanes of at least 4 members (excludes halogenated alkanes) is 18. The highest BCUT2D eigenvalue weighted by Crippen LogP contribution is 2.13. The molecule has 0 heterocycles. The summed E-state index contributed by atoms with van der Waals surface area (Å²) >= 11 is 0. The van der Waals surface area contributed by atoms with Crippen molar-refractivity contribution in [3.8, 4) is 0 Å². The van der Waals surface area contributed by atoms with Crippen molar-refractivity contribution in [3.63, 3.8) is 0 Å². The number of ether oxygens (including phenoxy) is 3. The van der Waals surface area contributed by atoms with E-state index in [0.29, 0.717) is 19.4 Å². The van der Waals surface area contributed by atoms with Crippen LogP contribution in [0.4, 0.5) is 0 Å². The van der Waals surface area contributed by atoms with Gasteiger partial charge < -0.3 is 14.2 Å². The first kappa shape index (κ1) is 60.6. The molecule has 0 saturated heterocycles. The first-order valence-corrected chi connectivity index (χ1v) is 26.4. The molecule has 0 saturated carbocycles. The Morgan fingerprint density at radius 2 is 0.703 bits per heavy atom. The van der Waals surface area contributed by atoms with Gasteiger partial charge in [-0.15, -0.1) is 0 Å². The smallest absolute Gasteiger partial charge is 0.306 e. The van der Waals surface area contributed by atoms with Gasteiger partial charge in [-0.05, 0) is 116 Å². The monoisotopic (exact) mass is 887 g/mol. The molecule has 0 amide bonds. The van der Waals surface area contributed by atoms with Crippen molar-refractivity contribution in [2.45, 2.75) is 232 Å². The van der Waals surface area contributed by atoms with Crippen LogP contribution < -0.4 is 0 Å². The van der Waals surface area contributed by atoms with E-state index in [1.54, 1.807) is 0 Å². The fraction of sp³-hybridized carbons (Fsp3) is 0.661. The Bertz CT molecular complexity index is 1280. The molecule has 0 aromatic carbocycles. The minimum absolute atomic E-state index is 0.0603. The first-order chi connectivity index (χ1) is 31.6. The summed E-state index contributed by atoms with van der Waals surface area (Å²) in [4.78, 5) is 25.4. The molecule has 0 fully saturated rings. The largest absolute Gasteiger partial charge is 0.462 e. The minimum Gasteiger partial charge on any atom is -0.462 e. The van der Waals surface area contributed by atoms with Gasteiger partial charge in [0.1, 0.15) is 6.61 Å².